The van der Waals surface area contributed by atoms with Gasteiger partial charge in [0.25, 0.3) is 0 Å². The maximum atomic E-state index is 11.6. The van der Waals surface area contributed by atoms with Crippen LogP contribution in [0.4, 0.5) is 0 Å². The summed E-state index contributed by atoms with van der Waals surface area (Å²) < 4.78 is 4.85. The average Bonchev–Trinajstić information content (AvgIpc) is 2.42. The summed E-state index contributed by atoms with van der Waals surface area (Å²) in [4.78, 5) is 11.6. The minimum atomic E-state index is -0.120. The fourth-order valence-corrected chi connectivity index (χ4v) is 2.29. The van der Waals surface area contributed by atoms with Crippen LogP contribution in [0.5, 0.6) is 0 Å². The van der Waals surface area contributed by atoms with Gasteiger partial charge in [0, 0.05) is 19.7 Å². The third-order valence-corrected chi connectivity index (χ3v) is 4.04. The fourth-order valence-electron chi connectivity index (χ4n) is 1.59. The number of carbonyl (C=O) groups excluding carboxylic acids is 1. The highest BCUT2D eigenvalue weighted by molar-refractivity contribution is 6.48. The van der Waals surface area contributed by atoms with Crippen molar-refractivity contribution in [3.8, 4) is 0 Å². The van der Waals surface area contributed by atoms with Crippen molar-refractivity contribution >= 4 is 40.7 Å². The molecule has 4 nitrogen and oxygen atoms in total. The third-order valence-electron chi connectivity index (χ3n) is 2.73. The quantitative estimate of drug-likeness (QED) is 0.593. The Hall–Kier alpha value is -0.520. The number of halogens is 3. The van der Waals surface area contributed by atoms with E-state index in [0.29, 0.717) is 28.2 Å². The van der Waals surface area contributed by atoms with Crippen LogP contribution in [0.15, 0.2) is 12.1 Å². The second-order valence-electron chi connectivity index (χ2n) is 4.21. The van der Waals surface area contributed by atoms with E-state index in [2.05, 4.69) is 10.6 Å². The van der Waals surface area contributed by atoms with Gasteiger partial charge in [-0.05, 0) is 18.6 Å². The molecule has 1 rings (SSSR count). The number of amides is 1. The van der Waals surface area contributed by atoms with Gasteiger partial charge in [-0.25, -0.2) is 0 Å². The molecule has 0 saturated carbocycles. The molecule has 1 atom stereocenters. The van der Waals surface area contributed by atoms with Crippen LogP contribution in [-0.2, 0) is 9.53 Å². The molecule has 0 radical (unpaired) electrons. The molecule has 2 N–H and O–H groups in total. The molecule has 0 aliphatic carbocycles. The molecule has 0 saturated heterocycles. The normalized spacial score (nSPS) is 12.2. The minimum absolute atomic E-state index is 0.106. The summed E-state index contributed by atoms with van der Waals surface area (Å²) in [5.74, 6) is -0.106. The highest BCUT2D eigenvalue weighted by Gasteiger charge is 2.14. The summed E-state index contributed by atoms with van der Waals surface area (Å²) in [7, 11) is 1.58. The van der Waals surface area contributed by atoms with Crippen LogP contribution in [0, 0.1) is 0 Å². The number of carbonyl (C=O) groups is 1. The Bertz CT molecular complexity index is 469. The third kappa shape index (κ3) is 5.11. The van der Waals surface area contributed by atoms with Crippen LogP contribution in [0.3, 0.4) is 0 Å². The first kappa shape index (κ1) is 17.5. The number of ether oxygens (including phenoxy) is 1. The Balaban J connectivity index is 2.53. The van der Waals surface area contributed by atoms with Crippen LogP contribution in [0.25, 0.3) is 0 Å². The monoisotopic (exact) mass is 338 g/mol. The highest BCUT2D eigenvalue weighted by atomic mass is 35.5. The van der Waals surface area contributed by atoms with Gasteiger partial charge < -0.3 is 15.4 Å². The van der Waals surface area contributed by atoms with Crippen molar-refractivity contribution in [1.29, 1.82) is 0 Å². The number of nitrogens with one attached hydrogen (secondary N) is 2. The predicted molar refractivity (Wildman–Crippen MR) is 82.8 cm³/mol. The largest absolute Gasteiger partial charge is 0.383 e. The standard InChI is InChI=1S/C13H17Cl3N2O2/c1-8(18-7-11(19)17-5-6-20-2)9-3-4-10(14)13(16)12(9)15/h3-4,8,18H,5-7H2,1-2H3,(H,17,19). The van der Waals surface area contributed by atoms with Crippen molar-refractivity contribution in [2.45, 2.75) is 13.0 Å². The summed E-state index contributed by atoms with van der Waals surface area (Å²) in [6.07, 6.45) is 0. The SMILES string of the molecule is COCCNC(=O)CNC(C)c1ccc(Cl)c(Cl)c1Cl. The number of methoxy groups -OCH3 is 1. The first-order chi connectivity index (χ1) is 9.47. The molecule has 0 aliphatic rings. The van der Waals surface area contributed by atoms with Crippen molar-refractivity contribution in [3.63, 3.8) is 0 Å². The zero-order chi connectivity index (χ0) is 15.1. The highest BCUT2D eigenvalue weighted by Crippen LogP contribution is 2.35. The van der Waals surface area contributed by atoms with Crippen molar-refractivity contribution < 1.29 is 9.53 Å². The Kier molecular flexibility index (Phi) is 7.62. The lowest BCUT2D eigenvalue weighted by Gasteiger charge is -2.16. The molecule has 0 heterocycles. The summed E-state index contributed by atoms with van der Waals surface area (Å²) in [6, 6.07) is 3.35. The van der Waals surface area contributed by atoms with Gasteiger partial charge in [0.05, 0.1) is 28.2 Å². The molecular formula is C13H17Cl3N2O2. The number of hydrogen-bond acceptors (Lipinski definition) is 3. The molecule has 20 heavy (non-hydrogen) atoms. The fraction of sp³-hybridized carbons (Fsp3) is 0.462. The summed E-state index contributed by atoms with van der Waals surface area (Å²) in [6.45, 7) is 3.05. The molecule has 1 amide bonds. The molecule has 0 spiro atoms. The van der Waals surface area contributed by atoms with Gasteiger partial charge in [0.15, 0.2) is 0 Å². The molecular weight excluding hydrogens is 323 g/mol. The van der Waals surface area contributed by atoms with E-state index in [4.69, 9.17) is 39.5 Å². The molecule has 1 unspecified atom stereocenters. The molecule has 0 aromatic heterocycles. The predicted octanol–water partition coefficient (Wildman–Crippen LogP) is 3.06. The Morgan fingerprint density at radius 2 is 2.00 bits per heavy atom. The Morgan fingerprint density at radius 3 is 2.65 bits per heavy atom. The van der Waals surface area contributed by atoms with Gasteiger partial charge >= 0.3 is 0 Å². The van der Waals surface area contributed by atoms with Gasteiger partial charge in [-0.3, -0.25) is 4.79 Å². The topological polar surface area (TPSA) is 50.4 Å². The zero-order valence-electron chi connectivity index (χ0n) is 11.3. The Labute approximate surface area is 133 Å². The van der Waals surface area contributed by atoms with Crippen LogP contribution >= 0.6 is 34.8 Å². The van der Waals surface area contributed by atoms with E-state index in [0.717, 1.165) is 5.56 Å². The van der Waals surface area contributed by atoms with E-state index in [1.54, 1.807) is 19.2 Å². The minimum Gasteiger partial charge on any atom is -0.383 e. The first-order valence-electron chi connectivity index (χ1n) is 6.09. The van der Waals surface area contributed by atoms with E-state index in [1.165, 1.54) is 0 Å². The summed E-state index contributed by atoms with van der Waals surface area (Å²) >= 11 is 18.0. The van der Waals surface area contributed by atoms with E-state index >= 15 is 0 Å². The van der Waals surface area contributed by atoms with Crippen molar-refractivity contribution in [1.82, 2.24) is 10.6 Å². The molecule has 0 bridgehead atoms. The van der Waals surface area contributed by atoms with Crippen LogP contribution in [0.1, 0.15) is 18.5 Å². The summed E-state index contributed by atoms with van der Waals surface area (Å²) in [5.41, 5.74) is 0.797. The molecule has 0 aliphatic heterocycles. The number of benzene rings is 1. The lowest BCUT2D eigenvalue weighted by Crippen LogP contribution is -2.36. The zero-order valence-corrected chi connectivity index (χ0v) is 13.6. The second-order valence-corrected chi connectivity index (χ2v) is 5.37. The number of rotatable bonds is 7. The van der Waals surface area contributed by atoms with E-state index in [9.17, 15) is 4.79 Å². The van der Waals surface area contributed by atoms with Gasteiger partial charge in [-0.15, -0.1) is 0 Å². The van der Waals surface area contributed by atoms with Gasteiger partial charge in [0.2, 0.25) is 5.91 Å². The van der Waals surface area contributed by atoms with Crippen LogP contribution < -0.4 is 10.6 Å². The maximum Gasteiger partial charge on any atom is 0.234 e. The van der Waals surface area contributed by atoms with Crippen molar-refractivity contribution in [2.24, 2.45) is 0 Å². The van der Waals surface area contributed by atoms with Gasteiger partial charge in [-0.2, -0.15) is 0 Å². The average molecular weight is 340 g/mol. The summed E-state index contributed by atoms with van der Waals surface area (Å²) in [5, 5.41) is 6.93. The van der Waals surface area contributed by atoms with Gasteiger partial charge in [0.1, 0.15) is 0 Å². The van der Waals surface area contributed by atoms with Crippen LogP contribution in [-0.4, -0.2) is 32.7 Å². The number of hydrogen-bond donors (Lipinski definition) is 2. The molecule has 1 aromatic carbocycles. The maximum absolute atomic E-state index is 11.6. The van der Waals surface area contributed by atoms with Crippen LogP contribution in [0.2, 0.25) is 15.1 Å². The van der Waals surface area contributed by atoms with E-state index < -0.39 is 0 Å². The first-order valence-corrected chi connectivity index (χ1v) is 7.23. The van der Waals surface area contributed by atoms with Gasteiger partial charge in [-0.1, -0.05) is 40.9 Å². The van der Waals surface area contributed by atoms with E-state index in [1.807, 2.05) is 6.92 Å². The Morgan fingerprint density at radius 1 is 1.30 bits per heavy atom. The van der Waals surface area contributed by atoms with Crippen molar-refractivity contribution in [2.75, 3.05) is 26.8 Å². The molecule has 1 aromatic rings. The lowest BCUT2D eigenvalue weighted by molar-refractivity contribution is -0.120. The molecule has 112 valence electrons. The second kappa shape index (κ2) is 8.70. The van der Waals surface area contributed by atoms with E-state index in [-0.39, 0.29) is 18.5 Å². The molecule has 7 heteroatoms. The van der Waals surface area contributed by atoms with Crippen molar-refractivity contribution in [3.05, 3.63) is 32.8 Å². The smallest absolute Gasteiger partial charge is 0.234 e. The molecule has 0 fully saturated rings. The lowest BCUT2D eigenvalue weighted by atomic mass is 10.1.